The lowest BCUT2D eigenvalue weighted by atomic mass is 10.0. The Bertz CT molecular complexity index is 1460. The summed E-state index contributed by atoms with van der Waals surface area (Å²) in [5.41, 5.74) is 3.68. The number of nitrogens with one attached hydrogen (secondary N) is 1. The van der Waals surface area contributed by atoms with Gasteiger partial charge in [-0.25, -0.2) is 9.67 Å². The van der Waals surface area contributed by atoms with Crippen LogP contribution in [-0.4, -0.2) is 32.8 Å². The molecule has 148 valence electrons. The first-order valence-corrected chi connectivity index (χ1v) is 10.0. The Balaban J connectivity index is 1.90. The van der Waals surface area contributed by atoms with Crippen LogP contribution >= 0.6 is 11.3 Å². The first kappa shape index (κ1) is 18.3. The summed E-state index contributed by atoms with van der Waals surface area (Å²) in [6.07, 6.45) is 3.46. The summed E-state index contributed by atoms with van der Waals surface area (Å²) < 4.78 is 7.06. The molecule has 0 fully saturated rings. The van der Waals surface area contributed by atoms with Gasteiger partial charge in [-0.15, -0.1) is 11.3 Å². The molecule has 0 aliphatic carbocycles. The van der Waals surface area contributed by atoms with Crippen LogP contribution in [0.2, 0.25) is 0 Å². The van der Waals surface area contributed by atoms with Gasteiger partial charge in [-0.05, 0) is 41.5 Å². The Kier molecular flexibility index (Phi) is 4.22. The summed E-state index contributed by atoms with van der Waals surface area (Å²) >= 11 is 1.28. The molecular formula is C22H16N4O3S. The van der Waals surface area contributed by atoms with Crippen molar-refractivity contribution in [3.63, 3.8) is 0 Å². The molecule has 1 N–H and O–H groups in total. The molecule has 0 aliphatic heterocycles. The number of aromatic nitrogens is 4. The van der Waals surface area contributed by atoms with Crippen molar-refractivity contribution in [2.24, 2.45) is 0 Å². The molecule has 0 bridgehead atoms. The van der Waals surface area contributed by atoms with E-state index in [2.05, 4.69) is 10.1 Å². The van der Waals surface area contributed by atoms with E-state index in [0.717, 1.165) is 33.5 Å². The lowest BCUT2D eigenvalue weighted by molar-refractivity contribution is 0.0926. The third-order valence-corrected chi connectivity index (χ3v) is 6.02. The zero-order chi connectivity index (χ0) is 20.8. The van der Waals surface area contributed by atoms with Crippen LogP contribution in [0.25, 0.3) is 42.8 Å². The first-order valence-electron chi connectivity index (χ1n) is 9.21. The van der Waals surface area contributed by atoms with E-state index in [1.54, 1.807) is 19.5 Å². The monoisotopic (exact) mass is 416 g/mol. The smallest absolute Gasteiger partial charge is 0.282 e. The van der Waals surface area contributed by atoms with E-state index in [1.807, 2.05) is 42.5 Å². The first-order chi connectivity index (χ1) is 14.6. The maximum absolute atomic E-state index is 12.5. The number of carbonyl (C=O) groups excluding carboxylic acids is 1. The second-order valence-electron chi connectivity index (χ2n) is 6.78. The van der Waals surface area contributed by atoms with Crippen molar-refractivity contribution in [3.8, 4) is 28.1 Å². The number of methoxy groups -OCH3 is 1. The van der Waals surface area contributed by atoms with Gasteiger partial charge in [-0.2, -0.15) is 0 Å². The van der Waals surface area contributed by atoms with Crippen LogP contribution in [0.3, 0.4) is 0 Å². The van der Waals surface area contributed by atoms with Gasteiger partial charge in [-0.3, -0.25) is 19.7 Å². The lowest BCUT2D eigenvalue weighted by Crippen LogP contribution is -2.11. The lowest BCUT2D eigenvalue weighted by Gasteiger charge is -2.10. The number of aromatic amines is 1. The molecule has 0 unspecified atom stereocenters. The quantitative estimate of drug-likeness (QED) is 0.473. The fourth-order valence-electron chi connectivity index (χ4n) is 3.55. The largest absolute Gasteiger partial charge is 0.497 e. The average molecular weight is 416 g/mol. The van der Waals surface area contributed by atoms with E-state index in [-0.39, 0.29) is 11.5 Å². The van der Waals surface area contributed by atoms with Crippen molar-refractivity contribution < 1.29 is 9.53 Å². The number of rotatable bonds is 3. The van der Waals surface area contributed by atoms with Gasteiger partial charge in [0.05, 0.1) is 12.8 Å². The van der Waals surface area contributed by atoms with E-state index in [9.17, 15) is 9.59 Å². The van der Waals surface area contributed by atoms with Crippen LogP contribution in [0.1, 0.15) is 11.7 Å². The highest BCUT2D eigenvalue weighted by molar-refractivity contribution is 7.25. The van der Waals surface area contributed by atoms with Crippen LogP contribution in [0, 0.1) is 0 Å². The van der Waals surface area contributed by atoms with Crippen LogP contribution in [0.4, 0.5) is 0 Å². The van der Waals surface area contributed by atoms with Gasteiger partial charge >= 0.3 is 0 Å². The van der Waals surface area contributed by atoms with Gasteiger partial charge in [0.15, 0.2) is 0 Å². The number of carbonyl (C=O) groups is 1. The molecule has 0 atom stereocenters. The molecule has 4 heterocycles. The number of thiophene rings is 1. The minimum atomic E-state index is -0.299. The predicted octanol–water partition coefficient (Wildman–Crippen LogP) is 4.34. The zero-order valence-electron chi connectivity index (χ0n) is 16.2. The zero-order valence-corrected chi connectivity index (χ0v) is 17.0. The number of ether oxygens (including phenoxy) is 1. The van der Waals surface area contributed by atoms with Gasteiger partial charge in [0, 0.05) is 30.3 Å². The summed E-state index contributed by atoms with van der Waals surface area (Å²) in [7, 11) is 1.62. The number of benzene rings is 1. The summed E-state index contributed by atoms with van der Waals surface area (Å²) in [6.45, 7) is 1.42. The van der Waals surface area contributed by atoms with Crippen LogP contribution in [0.5, 0.6) is 5.75 Å². The minimum Gasteiger partial charge on any atom is -0.497 e. The van der Waals surface area contributed by atoms with Crippen molar-refractivity contribution in [3.05, 3.63) is 65.2 Å². The Morgan fingerprint density at radius 1 is 1.17 bits per heavy atom. The van der Waals surface area contributed by atoms with E-state index >= 15 is 0 Å². The van der Waals surface area contributed by atoms with E-state index in [4.69, 9.17) is 9.72 Å². The molecule has 0 radical (unpaired) electrons. The van der Waals surface area contributed by atoms with Crippen molar-refractivity contribution in [2.45, 2.75) is 6.92 Å². The third kappa shape index (κ3) is 2.81. The molecule has 4 aromatic heterocycles. The van der Waals surface area contributed by atoms with Gasteiger partial charge in [0.1, 0.15) is 20.8 Å². The number of nitrogens with zero attached hydrogens (tertiary/aromatic N) is 3. The molecule has 5 aromatic rings. The Labute approximate surface area is 174 Å². The molecule has 7 nitrogen and oxygen atoms in total. The highest BCUT2D eigenvalue weighted by atomic mass is 32.1. The Hall–Kier alpha value is -3.78. The Morgan fingerprint density at radius 3 is 2.63 bits per heavy atom. The number of pyridine rings is 2. The van der Waals surface area contributed by atoms with Crippen LogP contribution in [0.15, 0.2) is 59.7 Å². The van der Waals surface area contributed by atoms with E-state index in [1.165, 1.54) is 22.9 Å². The fraction of sp³-hybridized carbons (Fsp3) is 0.0909. The molecular weight excluding hydrogens is 400 g/mol. The van der Waals surface area contributed by atoms with Crippen molar-refractivity contribution in [1.82, 2.24) is 19.7 Å². The molecule has 8 heteroatoms. The molecule has 1 aromatic carbocycles. The van der Waals surface area contributed by atoms with Gasteiger partial charge in [0.2, 0.25) is 5.91 Å². The van der Waals surface area contributed by atoms with Crippen LogP contribution in [-0.2, 0) is 0 Å². The van der Waals surface area contributed by atoms with Gasteiger partial charge < -0.3 is 4.74 Å². The topological polar surface area (TPSA) is 89.9 Å². The molecule has 0 saturated heterocycles. The van der Waals surface area contributed by atoms with Crippen molar-refractivity contribution in [1.29, 1.82) is 0 Å². The summed E-state index contributed by atoms with van der Waals surface area (Å²) in [5, 5.41) is 3.40. The normalized spacial score (nSPS) is 11.3. The number of hydrogen-bond acceptors (Lipinski definition) is 6. The molecule has 0 amide bonds. The SMILES string of the molecule is COc1ccc(-c2cc(-c3cccnc3)nc3sc4c(=O)[nH]n(C(C)=O)c4c23)cc1. The average Bonchev–Trinajstić information content (AvgIpc) is 3.31. The number of fused-ring (bicyclic) bond motifs is 3. The third-order valence-electron chi connectivity index (χ3n) is 4.95. The maximum Gasteiger partial charge on any atom is 0.282 e. The molecule has 5 rings (SSSR count). The molecule has 0 aliphatic rings. The number of H-pyrrole nitrogens is 1. The molecule has 0 spiro atoms. The van der Waals surface area contributed by atoms with Gasteiger partial charge in [0.25, 0.3) is 5.56 Å². The van der Waals surface area contributed by atoms with Crippen molar-refractivity contribution in [2.75, 3.05) is 7.11 Å². The fourth-order valence-corrected chi connectivity index (χ4v) is 4.63. The Morgan fingerprint density at radius 2 is 1.97 bits per heavy atom. The summed E-state index contributed by atoms with van der Waals surface area (Å²) in [4.78, 5) is 34.3. The standard InChI is InChI=1S/C22H16N4O3S/c1-12(27)26-19-18-16(13-5-7-15(29-2)8-6-13)10-17(14-4-3-9-23-11-14)24-22(18)30-20(19)21(28)25-26/h3-11H,1-2H3,(H,25,28). The second kappa shape index (κ2) is 6.93. The highest BCUT2D eigenvalue weighted by Gasteiger charge is 2.21. The highest BCUT2D eigenvalue weighted by Crippen LogP contribution is 2.40. The van der Waals surface area contributed by atoms with Crippen molar-refractivity contribution >= 4 is 37.7 Å². The summed E-state index contributed by atoms with van der Waals surface area (Å²) in [6, 6.07) is 13.4. The van der Waals surface area contributed by atoms with Gasteiger partial charge in [-0.1, -0.05) is 12.1 Å². The second-order valence-corrected chi connectivity index (χ2v) is 7.78. The summed E-state index contributed by atoms with van der Waals surface area (Å²) in [5.74, 6) is 0.480. The predicted molar refractivity (Wildman–Crippen MR) is 117 cm³/mol. The van der Waals surface area contributed by atoms with E-state index < -0.39 is 0 Å². The number of hydrogen-bond donors (Lipinski definition) is 1. The van der Waals surface area contributed by atoms with Crippen LogP contribution < -0.4 is 10.3 Å². The maximum atomic E-state index is 12.5. The molecule has 30 heavy (non-hydrogen) atoms. The van der Waals surface area contributed by atoms with E-state index in [0.29, 0.717) is 15.0 Å². The minimum absolute atomic E-state index is 0.265. The molecule has 0 saturated carbocycles.